The monoisotopic (exact) mass is 266 g/mol. The van der Waals surface area contributed by atoms with Crippen LogP contribution < -0.4 is 15.9 Å². The average molecular weight is 266 g/mol. The Hall–Kier alpha value is -1.26. The largest absolute Gasteiger partial charge is 0.491 e. The highest BCUT2D eigenvalue weighted by Gasteiger charge is 2.29. The van der Waals surface area contributed by atoms with Crippen molar-refractivity contribution in [1.82, 2.24) is 0 Å². The Morgan fingerprint density at radius 1 is 1.72 bits per heavy atom. The van der Waals surface area contributed by atoms with Gasteiger partial charge in [0.15, 0.2) is 0 Å². The Bertz CT molecular complexity index is 516. The van der Waals surface area contributed by atoms with Gasteiger partial charge in [0, 0.05) is 0 Å². The highest BCUT2D eigenvalue weighted by molar-refractivity contribution is 6.61. The summed E-state index contributed by atoms with van der Waals surface area (Å²) in [6.07, 6.45) is 0. The summed E-state index contributed by atoms with van der Waals surface area (Å²) in [5.74, 6) is 0.381. The van der Waals surface area contributed by atoms with E-state index in [-0.39, 0.29) is 6.61 Å². The first-order valence-electron chi connectivity index (χ1n) is 5.38. The number of nitriles is 1. The summed E-state index contributed by atoms with van der Waals surface area (Å²) in [5, 5.41) is 18.8. The molecule has 1 aromatic carbocycles. The van der Waals surface area contributed by atoms with Gasteiger partial charge in [-0.25, -0.2) is 0 Å². The molecule has 5 nitrogen and oxygen atoms in total. The van der Waals surface area contributed by atoms with Crippen molar-refractivity contribution in [3.05, 3.63) is 22.7 Å². The molecule has 1 atom stereocenters. The molecule has 0 radical (unpaired) electrons. The van der Waals surface area contributed by atoms with E-state index >= 15 is 0 Å². The maximum atomic E-state index is 9.57. The quantitative estimate of drug-likeness (QED) is 0.762. The molecule has 7 heteroatoms. The SMILES string of the molecule is C[C@](N)(C#N)COc1cc2c(cc1Cl)COB2O. The number of hydrogen-bond acceptors (Lipinski definition) is 5. The Labute approximate surface area is 110 Å². The lowest BCUT2D eigenvalue weighted by Crippen LogP contribution is -2.40. The third-order valence-corrected chi connectivity index (χ3v) is 2.93. The van der Waals surface area contributed by atoms with Crippen LogP contribution >= 0.6 is 11.6 Å². The number of rotatable bonds is 3. The van der Waals surface area contributed by atoms with Crippen molar-refractivity contribution in [2.75, 3.05) is 6.61 Å². The van der Waals surface area contributed by atoms with Gasteiger partial charge in [0.25, 0.3) is 0 Å². The minimum atomic E-state index is -1.09. The number of ether oxygens (including phenoxy) is 1. The summed E-state index contributed by atoms with van der Waals surface area (Å²) >= 11 is 6.04. The van der Waals surface area contributed by atoms with Crippen LogP contribution in [0.25, 0.3) is 0 Å². The molecule has 0 saturated heterocycles. The maximum absolute atomic E-state index is 9.57. The molecule has 0 bridgehead atoms. The first-order chi connectivity index (χ1) is 8.43. The van der Waals surface area contributed by atoms with Crippen LogP contribution in [-0.2, 0) is 11.3 Å². The highest BCUT2D eigenvalue weighted by Crippen LogP contribution is 2.27. The Balaban J connectivity index is 2.20. The van der Waals surface area contributed by atoms with Crippen LogP contribution in [0.5, 0.6) is 5.75 Å². The van der Waals surface area contributed by atoms with Gasteiger partial charge in [-0.3, -0.25) is 0 Å². The van der Waals surface area contributed by atoms with E-state index in [1.807, 2.05) is 6.07 Å². The molecule has 0 amide bonds. The Morgan fingerprint density at radius 2 is 2.44 bits per heavy atom. The lowest BCUT2D eigenvalue weighted by atomic mass is 9.79. The summed E-state index contributed by atoms with van der Waals surface area (Å²) in [4.78, 5) is 0. The minimum Gasteiger partial charge on any atom is -0.489 e. The van der Waals surface area contributed by atoms with E-state index in [0.717, 1.165) is 5.56 Å². The fourth-order valence-corrected chi connectivity index (χ4v) is 1.84. The number of nitrogens with two attached hydrogens (primary N) is 1. The first kappa shape index (κ1) is 13.2. The van der Waals surface area contributed by atoms with Crippen molar-refractivity contribution in [3.63, 3.8) is 0 Å². The van der Waals surface area contributed by atoms with E-state index in [0.29, 0.717) is 22.8 Å². The molecule has 0 saturated carbocycles. The third kappa shape index (κ3) is 2.60. The van der Waals surface area contributed by atoms with Crippen molar-refractivity contribution in [1.29, 1.82) is 5.26 Å². The van der Waals surface area contributed by atoms with Crippen molar-refractivity contribution in [2.24, 2.45) is 5.73 Å². The second-order valence-electron chi connectivity index (χ2n) is 4.46. The Morgan fingerprint density at radius 3 is 3.11 bits per heavy atom. The number of benzene rings is 1. The van der Waals surface area contributed by atoms with Crippen molar-refractivity contribution >= 4 is 24.2 Å². The molecular formula is C11H12BClN2O3. The van der Waals surface area contributed by atoms with Gasteiger partial charge >= 0.3 is 7.12 Å². The predicted octanol–water partition coefficient (Wildman–Crippen LogP) is 0.177. The van der Waals surface area contributed by atoms with Crippen LogP contribution in [0.15, 0.2) is 12.1 Å². The van der Waals surface area contributed by atoms with Gasteiger partial charge in [0.05, 0.1) is 17.7 Å². The summed E-state index contributed by atoms with van der Waals surface area (Å²) in [5.41, 5.74) is 6.02. The summed E-state index contributed by atoms with van der Waals surface area (Å²) in [6.45, 7) is 1.90. The van der Waals surface area contributed by atoms with Crippen molar-refractivity contribution in [2.45, 2.75) is 19.1 Å². The summed E-state index contributed by atoms with van der Waals surface area (Å²) in [7, 11) is -0.958. The van der Waals surface area contributed by atoms with Crippen molar-refractivity contribution in [3.8, 4) is 11.8 Å². The van der Waals surface area contributed by atoms with E-state index in [4.69, 9.17) is 32.0 Å². The van der Waals surface area contributed by atoms with Gasteiger partial charge in [-0.1, -0.05) is 11.6 Å². The van der Waals surface area contributed by atoms with Gasteiger partial charge in [-0.15, -0.1) is 0 Å². The molecule has 1 aliphatic heterocycles. The molecule has 18 heavy (non-hydrogen) atoms. The molecule has 94 valence electrons. The zero-order valence-electron chi connectivity index (χ0n) is 9.81. The van der Waals surface area contributed by atoms with Gasteiger partial charge < -0.3 is 20.1 Å². The minimum absolute atomic E-state index is 0.0129. The zero-order valence-corrected chi connectivity index (χ0v) is 10.6. The molecule has 1 heterocycles. The Kier molecular flexibility index (Phi) is 3.50. The zero-order chi connectivity index (χ0) is 13.3. The first-order valence-corrected chi connectivity index (χ1v) is 5.76. The second kappa shape index (κ2) is 4.79. The van der Waals surface area contributed by atoms with E-state index in [2.05, 4.69) is 0 Å². The molecule has 2 rings (SSSR count). The van der Waals surface area contributed by atoms with Crippen LogP contribution in [0.2, 0.25) is 5.02 Å². The number of nitrogens with zero attached hydrogens (tertiary/aromatic N) is 1. The molecule has 0 unspecified atom stereocenters. The maximum Gasteiger partial charge on any atom is 0.491 e. The highest BCUT2D eigenvalue weighted by atomic mass is 35.5. The summed E-state index contributed by atoms with van der Waals surface area (Å²) in [6, 6.07) is 5.22. The fourth-order valence-electron chi connectivity index (χ4n) is 1.59. The van der Waals surface area contributed by atoms with Crippen LogP contribution in [0.1, 0.15) is 12.5 Å². The number of hydrogen-bond donors (Lipinski definition) is 2. The third-order valence-electron chi connectivity index (χ3n) is 2.64. The van der Waals surface area contributed by atoms with Gasteiger partial charge in [-0.05, 0) is 30.1 Å². The number of fused-ring (bicyclic) bond motifs is 1. The van der Waals surface area contributed by atoms with Crippen LogP contribution in [-0.4, -0.2) is 24.3 Å². The normalized spacial score (nSPS) is 16.9. The van der Waals surface area contributed by atoms with E-state index in [1.165, 1.54) is 0 Å². The standard InChI is InChI=1S/C11H12BClN2O3/c1-11(15,5-14)6-17-10-3-8-7(2-9(10)13)4-18-12(8)16/h2-3,16H,4,6,15H2,1H3/t11-/m0/s1. The lowest BCUT2D eigenvalue weighted by molar-refractivity contribution is 0.265. The van der Waals surface area contributed by atoms with Gasteiger partial charge in [0.2, 0.25) is 0 Å². The van der Waals surface area contributed by atoms with Crippen LogP contribution in [0, 0.1) is 11.3 Å². The second-order valence-corrected chi connectivity index (χ2v) is 4.87. The topological polar surface area (TPSA) is 88.5 Å². The molecule has 0 fully saturated rings. The lowest BCUT2D eigenvalue weighted by Gasteiger charge is -2.17. The molecule has 0 spiro atoms. The van der Waals surface area contributed by atoms with Crippen LogP contribution in [0.4, 0.5) is 0 Å². The van der Waals surface area contributed by atoms with Crippen LogP contribution in [0.3, 0.4) is 0 Å². The van der Waals surface area contributed by atoms with Gasteiger partial charge in [0.1, 0.15) is 17.9 Å². The van der Waals surface area contributed by atoms with E-state index in [1.54, 1.807) is 19.1 Å². The van der Waals surface area contributed by atoms with Crippen molar-refractivity contribution < 1.29 is 14.4 Å². The van der Waals surface area contributed by atoms with E-state index in [9.17, 15) is 5.02 Å². The average Bonchev–Trinajstić information content (AvgIpc) is 2.68. The molecular weight excluding hydrogens is 254 g/mol. The molecule has 1 aromatic rings. The number of halogens is 1. The molecule has 1 aliphatic rings. The van der Waals surface area contributed by atoms with E-state index < -0.39 is 12.7 Å². The molecule has 0 aliphatic carbocycles. The predicted molar refractivity (Wildman–Crippen MR) is 67.5 cm³/mol. The molecule has 3 N–H and O–H groups in total. The summed E-state index contributed by atoms with van der Waals surface area (Å²) < 4.78 is 10.5. The fraction of sp³-hybridized carbons (Fsp3) is 0.364. The molecule has 0 aromatic heterocycles. The smallest absolute Gasteiger partial charge is 0.489 e. The van der Waals surface area contributed by atoms with Gasteiger partial charge in [-0.2, -0.15) is 5.26 Å².